The van der Waals surface area contributed by atoms with Crippen molar-refractivity contribution in [3.05, 3.63) is 18.5 Å². The number of ether oxygens (including phenoxy) is 2. The largest absolute Gasteiger partial charge is 0.382 e. The Morgan fingerprint density at radius 1 is 1.38 bits per heavy atom. The third kappa shape index (κ3) is 5.23. The molecule has 0 unspecified atom stereocenters. The number of nitrogens with one attached hydrogen (secondary N) is 2. The van der Waals surface area contributed by atoms with Gasteiger partial charge in [0.15, 0.2) is 0 Å². The van der Waals surface area contributed by atoms with Crippen molar-refractivity contribution in [1.82, 2.24) is 15.3 Å². The van der Waals surface area contributed by atoms with Crippen LogP contribution in [0.15, 0.2) is 18.5 Å². The summed E-state index contributed by atoms with van der Waals surface area (Å²) in [7, 11) is 1.58. The van der Waals surface area contributed by atoms with Gasteiger partial charge in [0, 0.05) is 19.5 Å². The molecule has 0 atom stereocenters. The van der Waals surface area contributed by atoms with Gasteiger partial charge in [-0.05, 0) is 6.07 Å². The quantitative estimate of drug-likeness (QED) is 0.535. The van der Waals surface area contributed by atoms with Crippen molar-refractivity contribution >= 4 is 12.0 Å². The summed E-state index contributed by atoms with van der Waals surface area (Å²) in [5.74, 6) is 0.247. The number of hydrogen-bond acceptors (Lipinski definition) is 5. The van der Waals surface area contributed by atoms with E-state index < -0.39 is 6.03 Å². The van der Waals surface area contributed by atoms with Crippen LogP contribution in [0.1, 0.15) is 0 Å². The van der Waals surface area contributed by atoms with Crippen LogP contribution in [0.3, 0.4) is 0 Å². The average Bonchev–Trinajstić information content (AvgIpc) is 2.30. The minimum atomic E-state index is -0.413. The fourth-order valence-corrected chi connectivity index (χ4v) is 0.840. The van der Waals surface area contributed by atoms with E-state index in [-0.39, 0.29) is 12.7 Å². The standard InChI is InChI=1S/C9H14N4O3/c1-15-5-6-16-7-12-9(14)13-8-10-3-2-4-11-8/h2-4H,5-7H2,1H3,(H2,10,11,12,13,14). The summed E-state index contributed by atoms with van der Waals surface area (Å²) < 4.78 is 9.82. The topological polar surface area (TPSA) is 85.4 Å². The molecule has 1 aromatic heterocycles. The van der Waals surface area contributed by atoms with E-state index >= 15 is 0 Å². The van der Waals surface area contributed by atoms with Crippen molar-refractivity contribution in [2.75, 3.05) is 32.4 Å². The molecule has 0 aliphatic heterocycles. The Kier molecular flexibility index (Phi) is 5.82. The Morgan fingerprint density at radius 2 is 2.12 bits per heavy atom. The van der Waals surface area contributed by atoms with Crippen LogP contribution >= 0.6 is 0 Å². The first-order valence-corrected chi connectivity index (χ1v) is 4.71. The van der Waals surface area contributed by atoms with E-state index in [0.29, 0.717) is 13.2 Å². The predicted octanol–water partition coefficient (Wildman–Crippen LogP) is 0.219. The molecule has 0 spiro atoms. The second-order valence-electron chi connectivity index (χ2n) is 2.75. The normalized spacial score (nSPS) is 9.81. The van der Waals surface area contributed by atoms with Gasteiger partial charge in [-0.2, -0.15) is 0 Å². The number of anilines is 1. The summed E-state index contributed by atoms with van der Waals surface area (Å²) in [6, 6.07) is 1.25. The van der Waals surface area contributed by atoms with E-state index in [9.17, 15) is 4.79 Å². The number of urea groups is 1. The Bertz CT molecular complexity index is 307. The number of rotatable bonds is 6. The van der Waals surface area contributed by atoms with Crippen LogP contribution in [0.4, 0.5) is 10.7 Å². The highest BCUT2D eigenvalue weighted by Crippen LogP contribution is 1.92. The lowest BCUT2D eigenvalue weighted by Gasteiger charge is -2.06. The Hall–Kier alpha value is -1.73. The molecule has 16 heavy (non-hydrogen) atoms. The molecule has 0 aliphatic rings. The summed E-state index contributed by atoms with van der Waals surface area (Å²) in [6.07, 6.45) is 3.08. The van der Waals surface area contributed by atoms with Gasteiger partial charge in [0.1, 0.15) is 6.73 Å². The highest BCUT2D eigenvalue weighted by Gasteiger charge is 2.01. The zero-order valence-corrected chi connectivity index (χ0v) is 8.97. The highest BCUT2D eigenvalue weighted by atomic mass is 16.5. The maximum absolute atomic E-state index is 11.2. The fraction of sp³-hybridized carbons (Fsp3) is 0.444. The van der Waals surface area contributed by atoms with Crippen LogP contribution < -0.4 is 10.6 Å². The molecule has 0 saturated carbocycles. The van der Waals surface area contributed by atoms with Crippen molar-refractivity contribution in [2.24, 2.45) is 0 Å². The van der Waals surface area contributed by atoms with E-state index in [1.807, 2.05) is 0 Å². The first-order valence-electron chi connectivity index (χ1n) is 4.71. The van der Waals surface area contributed by atoms with E-state index in [0.717, 1.165) is 0 Å². The van der Waals surface area contributed by atoms with Crippen molar-refractivity contribution in [3.8, 4) is 0 Å². The number of methoxy groups -OCH3 is 1. The SMILES string of the molecule is COCCOCNC(=O)Nc1ncccn1. The smallest absolute Gasteiger partial charge is 0.323 e. The summed E-state index contributed by atoms with van der Waals surface area (Å²) in [5, 5.41) is 4.93. The molecule has 7 heteroatoms. The van der Waals surface area contributed by atoms with E-state index in [1.54, 1.807) is 13.2 Å². The lowest BCUT2D eigenvalue weighted by atomic mass is 10.7. The molecule has 1 rings (SSSR count). The van der Waals surface area contributed by atoms with Gasteiger partial charge in [0.05, 0.1) is 13.2 Å². The molecule has 0 saturated heterocycles. The van der Waals surface area contributed by atoms with Crippen LogP contribution in [-0.4, -0.2) is 43.1 Å². The van der Waals surface area contributed by atoms with Crippen molar-refractivity contribution < 1.29 is 14.3 Å². The molecule has 2 N–H and O–H groups in total. The molecule has 1 aromatic rings. The minimum absolute atomic E-state index is 0.113. The number of nitrogens with zero attached hydrogens (tertiary/aromatic N) is 2. The van der Waals surface area contributed by atoms with Crippen molar-refractivity contribution in [1.29, 1.82) is 0 Å². The fourth-order valence-electron chi connectivity index (χ4n) is 0.840. The lowest BCUT2D eigenvalue weighted by Crippen LogP contribution is -2.31. The molecular formula is C9H14N4O3. The van der Waals surface area contributed by atoms with Gasteiger partial charge >= 0.3 is 6.03 Å². The van der Waals surface area contributed by atoms with Gasteiger partial charge < -0.3 is 14.8 Å². The lowest BCUT2D eigenvalue weighted by molar-refractivity contribution is 0.0650. The molecule has 0 fully saturated rings. The molecular weight excluding hydrogens is 212 g/mol. The number of hydrogen-bond donors (Lipinski definition) is 2. The predicted molar refractivity (Wildman–Crippen MR) is 56.9 cm³/mol. The zero-order chi connectivity index (χ0) is 11.6. The number of carbonyl (C=O) groups is 1. The van der Waals surface area contributed by atoms with Crippen molar-refractivity contribution in [2.45, 2.75) is 0 Å². The molecule has 0 bridgehead atoms. The second-order valence-corrected chi connectivity index (χ2v) is 2.75. The van der Waals surface area contributed by atoms with Gasteiger partial charge in [-0.1, -0.05) is 0 Å². The summed E-state index contributed by atoms with van der Waals surface area (Å²) in [4.78, 5) is 18.9. The van der Waals surface area contributed by atoms with Crippen molar-refractivity contribution in [3.63, 3.8) is 0 Å². The molecule has 0 aromatic carbocycles. The van der Waals surface area contributed by atoms with Gasteiger partial charge in [-0.15, -0.1) is 0 Å². The maximum atomic E-state index is 11.2. The zero-order valence-electron chi connectivity index (χ0n) is 8.97. The van der Waals surface area contributed by atoms with Gasteiger partial charge in [0.25, 0.3) is 0 Å². The monoisotopic (exact) mass is 226 g/mol. The average molecular weight is 226 g/mol. The first-order chi connectivity index (χ1) is 7.83. The Balaban J connectivity index is 2.12. The third-order valence-corrected chi connectivity index (χ3v) is 1.56. The Morgan fingerprint density at radius 3 is 2.81 bits per heavy atom. The van der Waals surface area contributed by atoms with Crippen LogP contribution in [0.5, 0.6) is 0 Å². The van der Waals surface area contributed by atoms with E-state index in [4.69, 9.17) is 9.47 Å². The van der Waals surface area contributed by atoms with E-state index in [2.05, 4.69) is 20.6 Å². The number of carbonyl (C=O) groups excluding carboxylic acids is 1. The van der Waals surface area contributed by atoms with Crippen LogP contribution in [-0.2, 0) is 9.47 Å². The molecule has 0 aliphatic carbocycles. The molecule has 7 nitrogen and oxygen atoms in total. The Labute approximate surface area is 93.2 Å². The second kappa shape index (κ2) is 7.55. The van der Waals surface area contributed by atoms with Gasteiger partial charge in [0.2, 0.25) is 5.95 Å². The molecule has 0 radical (unpaired) electrons. The van der Waals surface area contributed by atoms with Crippen LogP contribution in [0, 0.1) is 0 Å². The molecule has 88 valence electrons. The van der Waals surface area contributed by atoms with Gasteiger partial charge in [-0.25, -0.2) is 14.8 Å². The maximum Gasteiger partial charge on any atom is 0.323 e. The molecule has 2 amide bonds. The van der Waals surface area contributed by atoms with E-state index in [1.165, 1.54) is 12.4 Å². The number of amides is 2. The molecule has 1 heterocycles. The summed E-state index contributed by atoms with van der Waals surface area (Å²) in [6.45, 7) is 1.03. The number of aromatic nitrogens is 2. The first kappa shape index (κ1) is 12.3. The summed E-state index contributed by atoms with van der Waals surface area (Å²) in [5.41, 5.74) is 0. The highest BCUT2D eigenvalue weighted by molar-refractivity contribution is 5.87. The summed E-state index contributed by atoms with van der Waals surface area (Å²) >= 11 is 0. The van der Waals surface area contributed by atoms with Crippen LogP contribution in [0.25, 0.3) is 0 Å². The third-order valence-electron chi connectivity index (χ3n) is 1.56. The minimum Gasteiger partial charge on any atom is -0.382 e. The van der Waals surface area contributed by atoms with Crippen LogP contribution in [0.2, 0.25) is 0 Å². The van der Waals surface area contributed by atoms with Gasteiger partial charge in [-0.3, -0.25) is 5.32 Å².